The summed E-state index contributed by atoms with van der Waals surface area (Å²) in [4.78, 5) is 65.7. The molecule has 6 aliphatic rings. The van der Waals surface area contributed by atoms with Gasteiger partial charge < -0.3 is 45.7 Å². The van der Waals surface area contributed by atoms with E-state index in [1.807, 2.05) is 51.4 Å². The van der Waals surface area contributed by atoms with E-state index in [9.17, 15) is 29.0 Å². The SMILES string of the molecule is CC(C)(C)[C@H](NC(=O)C1CC2(C1)CC(N1CCC(c3cnc(N4C5CCC4CN(c4cc(-c6ccccc6O)nnc4N)C5)nc3)CC1)C2)C(=O)N1C[C@H](O)C[C@H]1C(=O)NOc1ccc(-c2ccccc2F)cc1. The average molecular weight is 1010 g/mol. The number of aromatic hydroxyl groups is 1. The molecule has 2 saturated carbocycles. The van der Waals surface area contributed by atoms with Crippen LogP contribution in [0.25, 0.3) is 22.4 Å². The first kappa shape index (κ1) is 49.3. The second kappa shape index (κ2) is 19.7. The van der Waals surface area contributed by atoms with E-state index in [0.29, 0.717) is 45.9 Å². The predicted molar refractivity (Wildman–Crippen MR) is 277 cm³/mol. The van der Waals surface area contributed by atoms with Crippen molar-refractivity contribution in [2.45, 2.75) is 121 Å². The Morgan fingerprint density at radius 1 is 0.824 bits per heavy atom. The van der Waals surface area contributed by atoms with Crippen molar-refractivity contribution < 1.29 is 33.8 Å². The highest BCUT2D eigenvalue weighted by Crippen LogP contribution is 2.60. The third-order valence-corrected chi connectivity index (χ3v) is 16.9. The summed E-state index contributed by atoms with van der Waals surface area (Å²) in [5.41, 5.74) is 12.6. The van der Waals surface area contributed by atoms with Crippen molar-refractivity contribution in [3.8, 4) is 33.9 Å². The molecule has 388 valence electrons. The van der Waals surface area contributed by atoms with Gasteiger partial charge in [-0.15, -0.1) is 10.2 Å². The first-order valence-corrected chi connectivity index (χ1v) is 26.2. The Balaban J connectivity index is 0.631. The number of anilines is 3. The number of aliphatic hydroxyl groups is 1. The van der Waals surface area contributed by atoms with Crippen LogP contribution in [-0.4, -0.2) is 127 Å². The molecule has 6 N–H and O–H groups in total. The maximum Gasteiger partial charge on any atom is 0.275 e. The lowest BCUT2D eigenvalue weighted by atomic mass is 9.49. The van der Waals surface area contributed by atoms with Crippen LogP contribution in [0.15, 0.2) is 91.3 Å². The van der Waals surface area contributed by atoms with Crippen molar-refractivity contribution in [1.82, 2.24) is 40.8 Å². The number of rotatable bonds is 12. The van der Waals surface area contributed by atoms with E-state index in [1.54, 1.807) is 54.6 Å². The first-order chi connectivity index (χ1) is 35.6. The number of nitrogens with zero attached hydrogens (tertiary/aromatic N) is 8. The Hall–Kier alpha value is -6.92. The highest BCUT2D eigenvalue weighted by atomic mass is 19.1. The zero-order valence-corrected chi connectivity index (χ0v) is 42.2. The Morgan fingerprint density at radius 2 is 1.49 bits per heavy atom. The molecule has 4 saturated heterocycles. The van der Waals surface area contributed by atoms with Crippen LogP contribution < -0.4 is 31.2 Å². The lowest BCUT2D eigenvalue weighted by molar-refractivity contribution is -0.151. The molecule has 4 aliphatic heterocycles. The number of likely N-dealkylation sites (tertiary alicyclic amines) is 2. The van der Waals surface area contributed by atoms with Gasteiger partial charge in [0.05, 0.1) is 17.5 Å². The zero-order valence-electron chi connectivity index (χ0n) is 42.2. The minimum Gasteiger partial charge on any atom is -0.507 e. The van der Waals surface area contributed by atoms with Gasteiger partial charge in [0, 0.05) is 73.6 Å². The van der Waals surface area contributed by atoms with Crippen LogP contribution in [-0.2, 0) is 14.4 Å². The monoisotopic (exact) mass is 1010 g/mol. The molecule has 5 atom stereocenters. The van der Waals surface area contributed by atoms with Gasteiger partial charge >= 0.3 is 0 Å². The van der Waals surface area contributed by atoms with Crippen molar-refractivity contribution in [2.75, 3.05) is 48.3 Å². The molecular weight excluding hydrogens is 942 g/mol. The average Bonchev–Trinajstić information content (AvgIpc) is 3.89. The highest BCUT2D eigenvalue weighted by Gasteiger charge is 2.57. The number of phenols is 1. The largest absolute Gasteiger partial charge is 0.507 e. The molecule has 2 aliphatic carbocycles. The van der Waals surface area contributed by atoms with E-state index in [-0.39, 0.29) is 53.9 Å². The van der Waals surface area contributed by atoms with E-state index in [4.69, 9.17) is 20.5 Å². The Kier molecular flexibility index (Phi) is 13.1. The Bertz CT molecular complexity index is 2870. The quantitative estimate of drug-likeness (QED) is 0.0878. The molecule has 6 heterocycles. The number of carbonyl (C=O) groups is 3. The fourth-order valence-corrected chi connectivity index (χ4v) is 12.8. The number of amides is 3. The maximum atomic E-state index is 14.3. The number of hydrogen-bond donors (Lipinski definition) is 5. The topological polar surface area (TPSA) is 215 Å². The minimum absolute atomic E-state index is 0.0273. The number of fused-ring (bicyclic) bond motifs is 2. The molecule has 18 heteroatoms. The van der Waals surface area contributed by atoms with Gasteiger partial charge in [-0.3, -0.25) is 14.4 Å². The van der Waals surface area contributed by atoms with Gasteiger partial charge in [-0.2, -0.15) is 5.48 Å². The van der Waals surface area contributed by atoms with Gasteiger partial charge in [-0.05, 0) is 129 Å². The number of hydroxylamine groups is 1. The molecular formula is C56H66FN11O6. The summed E-state index contributed by atoms with van der Waals surface area (Å²) in [6.07, 6.45) is 11.1. The highest BCUT2D eigenvalue weighted by molar-refractivity contribution is 5.93. The van der Waals surface area contributed by atoms with Crippen molar-refractivity contribution in [3.63, 3.8) is 0 Å². The number of nitrogens with one attached hydrogen (secondary N) is 2. The lowest BCUT2D eigenvalue weighted by Gasteiger charge is -2.60. The smallest absolute Gasteiger partial charge is 0.275 e. The van der Waals surface area contributed by atoms with E-state index >= 15 is 0 Å². The number of halogens is 1. The standard InChI is InChI=1S/C56H66FN11O6/c1-55(2,3)49(53(73)67-32-40(69)22-47(67)52(72)64-74-41-16-12-34(13-17-41)42-8-4-6-10-44(42)57)61-51(71)35-24-56(25-35)26-39(27-56)65-20-18-33(19-21-65)36-28-59-54(60-29-36)68-37-14-15-38(68)31-66(30-37)46-23-45(62-63-50(46)58)43-9-5-7-11-48(43)70/h4-13,16-17,23,28-29,33,35,37-40,47,49,69-70H,14-15,18-22,24-27,30-32H2,1-3H3,(H2,58,63)(H,61,71)(H,64,72)/t35?,37?,38?,39?,40-,47+,49-,56?/m1/s1. The fourth-order valence-electron chi connectivity index (χ4n) is 12.8. The fraction of sp³-hybridized carbons (Fsp3) is 0.482. The van der Waals surface area contributed by atoms with Gasteiger partial charge in [-0.1, -0.05) is 63.2 Å². The van der Waals surface area contributed by atoms with Crippen LogP contribution in [0.4, 0.5) is 21.8 Å². The van der Waals surface area contributed by atoms with Crippen LogP contribution in [0.2, 0.25) is 0 Å². The number of para-hydroxylation sites is 1. The third-order valence-electron chi connectivity index (χ3n) is 16.9. The van der Waals surface area contributed by atoms with Crippen molar-refractivity contribution in [1.29, 1.82) is 0 Å². The van der Waals surface area contributed by atoms with Crippen molar-refractivity contribution >= 4 is 35.2 Å². The molecule has 17 nitrogen and oxygen atoms in total. The number of piperidine rings is 1. The summed E-state index contributed by atoms with van der Waals surface area (Å²) < 4.78 is 14.3. The molecule has 1 spiro atoms. The van der Waals surface area contributed by atoms with E-state index in [2.05, 4.69) is 35.7 Å². The number of benzene rings is 3. The number of nitrogen functional groups attached to an aromatic ring is 1. The molecule has 2 aromatic heterocycles. The summed E-state index contributed by atoms with van der Waals surface area (Å²) in [7, 11) is 0. The molecule has 3 amide bonds. The van der Waals surface area contributed by atoms with E-state index in [0.717, 1.165) is 89.2 Å². The third kappa shape index (κ3) is 9.69. The number of hydrogen-bond acceptors (Lipinski definition) is 14. The maximum absolute atomic E-state index is 14.3. The second-order valence-corrected chi connectivity index (χ2v) is 22.8. The van der Waals surface area contributed by atoms with E-state index < -0.39 is 35.4 Å². The van der Waals surface area contributed by atoms with Gasteiger partial charge in [0.2, 0.25) is 17.8 Å². The second-order valence-electron chi connectivity index (χ2n) is 22.8. The summed E-state index contributed by atoms with van der Waals surface area (Å²) in [6.45, 7) is 9.16. The van der Waals surface area contributed by atoms with Crippen LogP contribution in [0, 0.1) is 22.6 Å². The molecule has 2 bridgehead atoms. The number of nitrogens with two attached hydrogens (primary N) is 1. The molecule has 74 heavy (non-hydrogen) atoms. The number of piperazine rings is 1. The predicted octanol–water partition coefficient (Wildman–Crippen LogP) is 6.23. The normalized spacial score (nSPS) is 26.3. The zero-order chi connectivity index (χ0) is 51.5. The molecule has 11 rings (SSSR count). The van der Waals surface area contributed by atoms with Crippen LogP contribution in [0.1, 0.15) is 90.0 Å². The Morgan fingerprint density at radius 3 is 2.15 bits per heavy atom. The van der Waals surface area contributed by atoms with Crippen LogP contribution in [0.3, 0.4) is 0 Å². The minimum atomic E-state index is -1.00. The number of β-amino-alcohol motifs (C(OH)–C–C–N with tert-alkyl or cyclic N) is 1. The number of aliphatic hydroxyl groups excluding tert-OH is 1. The lowest BCUT2D eigenvalue weighted by Crippen LogP contribution is -2.62. The summed E-state index contributed by atoms with van der Waals surface area (Å²) in [5, 5.41) is 32.7. The van der Waals surface area contributed by atoms with Gasteiger partial charge in [-0.25, -0.2) is 14.4 Å². The van der Waals surface area contributed by atoms with Crippen LogP contribution >= 0.6 is 0 Å². The summed E-state index contributed by atoms with van der Waals surface area (Å²) >= 11 is 0. The molecule has 5 aromatic rings. The number of phenolic OH excluding ortho intramolecular Hbond substituents is 1. The van der Waals surface area contributed by atoms with Gasteiger partial charge in [0.25, 0.3) is 5.91 Å². The van der Waals surface area contributed by atoms with Crippen molar-refractivity contribution in [2.24, 2.45) is 16.7 Å². The number of carbonyl (C=O) groups excluding carboxylic acids is 3. The van der Waals surface area contributed by atoms with Gasteiger partial charge in [0.15, 0.2) is 11.6 Å². The molecule has 0 radical (unpaired) electrons. The van der Waals surface area contributed by atoms with Crippen molar-refractivity contribution in [3.05, 3.63) is 103 Å². The first-order valence-electron chi connectivity index (χ1n) is 26.2. The Labute approximate surface area is 430 Å². The van der Waals surface area contributed by atoms with Gasteiger partial charge in [0.1, 0.15) is 23.7 Å². The molecule has 6 fully saturated rings. The number of aromatic nitrogens is 4. The summed E-state index contributed by atoms with van der Waals surface area (Å²) in [6, 6.07) is 21.1. The molecule has 2 unspecified atom stereocenters. The van der Waals surface area contributed by atoms with Crippen LogP contribution in [0.5, 0.6) is 11.5 Å². The van der Waals surface area contributed by atoms with E-state index in [1.165, 1.54) is 16.5 Å². The molecule has 3 aromatic carbocycles. The summed E-state index contributed by atoms with van der Waals surface area (Å²) in [5.74, 6) is 0.313.